The Hall–Kier alpha value is -0.770. The van der Waals surface area contributed by atoms with Gasteiger partial charge in [-0.25, -0.2) is 0 Å². The van der Waals surface area contributed by atoms with Crippen molar-refractivity contribution in [1.82, 2.24) is 0 Å². The van der Waals surface area contributed by atoms with Crippen LogP contribution in [0.1, 0.15) is 34.1 Å². The number of nitrogens with two attached hydrogens (primary N) is 1. The fourth-order valence-electron chi connectivity index (χ4n) is 0. The van der Waals surface area contributed by atoms with E-state index in [0.717, 1.165) is 6.08 Å². The molecule has 4 N–H and O–H groups in total. The number of primary amides is 1. The molecule has 86 valence electrons. The van der Waals surface area contributed by atoms with Crippen LogP contribution in [-0.2, 0) is 9.36 Å². The molecule has 0 bridgehead atoms. The maximum absolute atomic E-state index is 9.47. The maximum Gasteiger partial charge on any atom is 0.692 e. The van der Waals surface area contributed by atoms with Gasteiger partial charge in [0.05, 0.1) is 0 Å². The lowest BCUT2D eigenvalue weighted by Crippen LogP contribution is -2.04. The van der Waals surface area contributed by atoms with E-state index in [2.05, 4.69) is 26.2 Å². The zero-order chi connectivity index (χ0) is 12.6. The molecule has 0 aliphatic heterocycles. The van der Waals surface area contributed by atoms with Crippen LogP contribution in [0.3, 0.4) is 0 Å². The van der Waals surface area contributed by atoms with Crippen LogP contribution in [0.2, 0.25) is 0 Å². The van der Waals surface area contributed by atoms with Crippen molar-refractivity contribution in [2.45, 2.75) is 34.1 Å². The van der Waals surface area contributed by atoms with Gasteiger partial charge in [0.15, 0.2) is 0 Å². The first kappa shape index (κ1) is 23.2. The number of rotatable bonds is 1. The van der Waals surface area contributed by atoms with E-state index in [9.17, 15) is 4.79 Å². The van der Waals surface area contributed by atoms with Crippen LogP contribution >= 0.6 is 8.25 Å². The molecule has 0 atom stereocenters. The Morgan fingerprint density at radius 3 is 1.50 bits per heavy atom. The summed E-state index contributed by atoms with van der Waals surface area (Å²) < 4.78 is 8.70. The predicted octanol–water partition coefficient (Wildman–Crippen LogP) is 1.73. The summed E-state index contributed by atoms with van der Waals surface area (Å²) in [4.78, 5) is 23.7. The van der Waals surface area contributed by atoms with Gasteiger partial charge in [-0.1, -0.05) is 40.7 Å². The zero-order valence-corrected chi connectivity index (χ0v) is 10.1. The summed E-state index contributed by atoms with van der Waals surface area (Å²) >= 11 is 0. The quantitative estimate of drug-likeness (QED) is 0.468. The third-order valence-electron chi connectivity index (χ3n) is 0.201. The lowest BCUT2D eigenvalue weighted by Gasteiger charge is -1.65. The minimum absolute atomic E-state index is 0.481. The minimum Gasteiger partial charge on any atom is -0.366 e. The molecule has 0 aromatic rings. The summed E-state index contributed by atoms with van der Waals surface area (Å²) in [5.41, 5.74) is 4.53. The molecule has 0 spiro atoms. The Balaban J connectivity index is -0.0000000505. The van der Waals surface area contributed by atoms with Gasteiger partial charge in [-0.3, -0.25) is 4.79 Å². The lowest BCUT2D eigenvalue weighted by atomic mass is 10.6. The van der Waals surface area contributed by atoms with Crippen LogP contribution in [0.5, 0.6) is 0 Å². The number of carbonyl (C=O) groups excluding carboxylic acids is 1. The second-order valence-corrected chi connectivity index (χ2v) is 2.07. The molecule has 0 saturated carbocycles. The second kappa shape index (κ2) is 29.5. The molecule has 0 aromatic carbocycles. The van der Waals surface area contributed by atoms with Crippen molar-refractivity contribution in [3.05, 3.63) is 12.7 Å². The molecule has 6 heteroatoms. The van der Waals surface area contributed by atoms with E-state index < -0.39 is 14.2 Å². The fraction of sp³-hybridized carbons (Fsp3) is 0.625. The average Bonchev–Trinajstić information content (AvgIpc) is 2.08. The molecule has 0 heterocycles. The highest BCUT2D eigenvalue weighted by Crippen LogP contribution is 1.98. The van der Waals surface area contributed by atoms with Gasteiger partial charge in [0.2, 0.25) is 5.91 Å². The van der Waals surface area contributed by atoms with Crippen LogP contribution in [0.4, 0.5) is 0 Å². The topological polar surface area (TPSA) is 101 Å². The summed E-state index contributed by atoms with van der Waals surface area (Å²) in [7, 11) is -2.87. The first-order valence-corrected chi connectivity index (χ1v) is 5.35. The summed E-state index contributed by atoms with van der Waals surface area (Å²) in [6.45, 7) is 11.3. The molecule has 0 unspecified atom stereocenters. The highest BCUT2D eigenvalue weighted by atomic mass is 31.1. The van der Waals surface area contributed by atoms with Gasteiger partial charge < -0.3 is 5.73 Å². The molecule has 0 aliphatic carbocycles. The summed E-state index contributed by atoms with van der Waals surface area (Å²) in [6.07, 6.45) is 2.31. The van der Waals surface area contributed by atoms with Gasteiger partial charge in [-0.15, -0.1) is 9.79 Å². The highest BCUT2D eigenvalue weighted by Gasteiger charge is 1.93. The van der Waals surface area contributed by atoms with Gasteiger partial charge in [0.1, 0.15) is 0 Å². The van der Waals surface area contributed by atoms with Gasteiger partial charge in [-0.05, 0) is 6.08 Å². The van der Waals surface area contributed by atoms with E-state index in [1.807, 2.05) is 13.8 Å². The Morgan fingerprint density at radius 2 is 1.50 bits per heavy atom. The predicted molar refractivity (Wildman–Crippen MR) is 58.7 cm³/mol. The molecule has 0 aliphatic rings. The molecule has 14 heavy (non-hydrogen) atoms. The van der Waals surface area contributed by atoms with Crippen molar-refractivity contribution in [2.75, 3.05) is 0 Å². The first-order chi connectivity index (χ1) is 6.42. The van der Waals surface area contributed by atoms with Crippen LogP contribution in [0.15, 0.2) is 12.7 Å². The average molecular weight is 226 g/mol. The van der Waals surface area contributed by atoms with Crippen molar-refractivity contribution in [3.8, 4) is 0 Å². The molecular weight excluding hydrogens is 205 g/mol. The van der Waals surface area contributed by atoms with Crippen molar-refractivity contribution >= 4 is 14.2 Å². The standard InChI is InChI=1S/C3H5NO.C3H8.C2H6.HO3P/c1-2-3(4)5;1-3-2;1-2;1-4(2)3/h2H,1H2,(H2,4,5);3H2,1-2H3;1-2H3;(H-,1,2,3)/p+1. The Kier molecular flexibility index (Phi) is 49.0. The van der Waals surface area contributed by atoms with E-state index in [-0.39, 0.29) is 0 Å². The molecule has 0 saturated heterocycles. The molecule has 0 aromatic heterocycles. The summed E-state index contributed by atoms with van der Waals surface area (Å²) in [5.74, 6) is -0.481. The first-order valence-electron chi connectivity index (χ1n) is 4.19. The third-order valence-corrected chi connectivity index (χ3v) is 0.201. The molecule has 5 nitrogen and oxygen atoms in total. The van der Waals surface area contributed by atoms with E-state index in [1.54, 1.807) is 0 Å². The summed E-state index contributed by atoms with van der Waals surface area (Å²) in [5, 5.41) is 0. The zero-order valence-electron chi connectivity index (χ0n) is 9.23. The van der Waals surface area contributed by atoms with E-state index in [0.29, 0.717) is 0 Å². The SMILES string of the molecule is C=CC(N)=O.CC.CCC.O=[P+](O)O. The monoisotopic (exact) mass is 226 g/mol. The van der Waals surface area contributed by atoms with Gasteiger partial charge in [-0.2, -0.15) is 0 Å². The maximum atomic E-state index is 9.47. The van der Waals surface area contributed by atoms with Gasteiger partial charge in [0, 0.05) is 4.57 Å². The Morgan fingerprint density at radius 1 is 1.43 bits per heavy atom. The fourth-order valence-corrected chi connectivity index (χ4v) is 0. The molecule has 0 rings (SSSR count). The Bertz CT molecular complexity index is 135. The number of amides is 1. The molecule has 0 fully saturated rings. The van der Waals surface area contributed by atoms with Crippen LogP contribution in [-0.4, -0.2) is 15.7 Å². The van der Waals surface area contributed by atoms with Crippen molar-refractivity contribution in [1.29, 1.82) is 0 Å². The van der Waals surface area contributed by atoms with E-state index in [4.69, 9.17) is 14.4 Å². The van der Waals surface area contributed by atoms with Crippen molar-refractivity contribution in [2.24, 2.45) is 5.73 Å². The largest absolute Gasteiger partial charge is 0.692 e. The van der Waals surface area contributed by atoms with Crippen LogP contribution < -0.4 is 5.73 Å². The third kappa shape index (κ3) is 777. The minimum atomic E-state index is -2.87. The van der Waals surface area contributed by atoms with Crippen LogP contribution in [0, 0.1) is 0 Å². The molecular formula is C8H21NO4P+. The summed E-state index contributed by atoms with van der Waals surface area (Å²) in [6, 6.07) is 0. The number of carbonyl (C=O) groups is 1. The van der Waals surface area contributed by atoms with Crippen molar-refractivity contribution < 1.29 is 19.1 Å². The number of hydrogen-bond donors (Lipinski definition) is 3. The van der Waals surface area contributed by atoms with E-state index >= 15 is 0 Å². The number of hydrogen-bond acceptors (Lipinski definition) is 2. The van der Waals surface area contributed by atoms with Crippen LogP contribution in [0.25, 0.3) is 0 Å². The lowest BCUT2D eigenvalue weighted by molar-refractivity contribution is -0.113. The molecule has 1 amide bonds. The second-order valence-electron chi connectivity index (χ2n) is 1.57. The van der Waals surface area contributed by atoms with E-state index in [1.165, 1.54) is 6.42 Å². The van der Waals surface area contributed by atoms with Crippen molar-refractivity contribution in [3.63, 3.8) is 0 Å². The Labute approximate surface area is 86.6 Å². The normalized spacial score (nSPS) is 5.86. The van der Waals surface area contributed by atoms with Gasteiger partial charge >= 0.3 is 8.25 Å². The smallest absolute Gasteiger partial charge is 0.366 e. The molecule has 0 radical (unpaired) electrons. The van der Waals surface area contributed by atoms with Gasteiger partial charge in [0.25, 0.3) is 0 Å². The highest BCUT2D eigenvalue weighted by molar-refractivity contribution is 7.30.